The lowest BCUT2D eigenvalue weighted by Crippen LogP contribution is -2.23. The third-order valence-corrected chi connectivity index (χ3v) is 3.50. The summed E-state index contributed by atoms with van der Waals surface area (Å²) < 4.78 is 0. The van der Waals surface area contributed by atoms with Crippen molar-refractivity contribution in [1.82, 2.24) is 5.32 Å². The number of rotatable bonds is 6. The van der Waals surface area contributed by atoms with Crippen LogP contribution in [0.25, 0.3) is 0 Å². The van der Waals surface area contributed by atoms with Crippen molar-refractivity contribution in [2.24, 2.45) is 0 Å². The van der Waals surface area contributed by atoms with E-state index >= 15 is 0 Å². The van der Waals surface area contributed by atoms with Crippen molar-refractivity contribution in [2.45, 2.75) is 38.8 Å². The Morgan fingerprint density at radius 3 is 2.82 bits per heavy atom. The Labute approximate surface area is 109 Å². The molecule has 0 atom stereocenters. The van der Waals surface area contributed by atoms with E-state index in [1.165, 1.54) is 30.5 Å². The first-order chi connectivity index (χ1) is 8.22. The van der Waals surface area contributed by atoms with E-state index in [9.17, 15) is 0 Å². The molecule has 0 spiro atoms. The van der Waals surface area contributed by atoms with Gasteiger partial charge in [0, 0.05) is 30.3 Å². The van der Waals surface area contributed by atoms with Gasteiger partial charge in [-0.1, -0.05) is 24.6 Å². The Bertz CT molecular complexity index is 374. The molecule has 1 saturated carbocycles. The van der Waals surface area contributed by atoms with Crippen LogP contribution in [0.15, 0.2) is 18.2 Å². The van der Waals surface area contributed by atoms with Crippen molar-refractivity contribution < 1.29 is 0 Å². The van der Waals surface area contributed by atoms with Crippen molar-refractivity contribution in [3.8, 4) is 0 Å². The second kappa shape index (κ2) is 5.74. The second-order valence-corrected chi connectivity index (χ2v) is 5.23. The summed E-state index contributed by atoms with van der Waals surface area (Å²) in [7, 11) is 2.17. The van der Waals surface area contributed by atoms with Crippen LogP contribution in [-0.2, 0) is 6.54 Å². The van der Waals surface area contributed by atoms with Gasteiger partial charge >= 0.3 is 0 Å². The summed E-state index contributed by atoms with van der Waals surface area (Å²) >= 11 is 6.10. The van der Waals surface area contributed by atoms with Gasteiger partial charge in [0.05, 0.1) is 0 Å². The number of hydrogen-bond acceptors (Lipinski definition) is 2. The molecule has 17 heavy (non-hydrogen) atoms. The lowest BCUT2D eigenvalue weighted by atomic mass is 10.1. The fourth-order valence-corrected chi connectivity index (χ4v) is 2.24. The summed E-state index contributed by atoms with van der Waals surface area (Å²) in [5.74, 6) is 0. The molecule has 0 saturated heterocycles. The first kappa shape index (κ1) is 12.7. The summed E-state index contributed by atoms with van der Waals surface area (Å²) in [6, 6.07) is 6.93. The fourth-order valence-electron chi connectivity index (χ4n) is 2.07. The largest absolute Gasteiger partial charge is 0.371 e. The van der Waals surface area contributed by atoms with Crippen LogP contribution in [0, 0.1) is 0 Å². The van der Waals surface area contributed by atoms with E-state index in [0.29, 0.717) is 0 Å². The second-order valence-electron chi connectivity index (χ2n) is 4.79. The third kappa shape index (κ3) is 3.36. The van der Waals surface area contributed by atoms with E-state index in [-0.39, 0.29) is 0 Å². The van der Waals surface area contributed by atoms with Gasteiger partial charge in [-0.25, -0.2) is 0 Å². The third-order valence-electron chi connectivity index (χ3n) is 3.26. The summed E-state index contributed by atoms with van der Waals surface area (Å²) in [6.45, 7) is 4.18. The molecule has 1 aromatic rings. The minimum absolute atomic E-state index is 0.721. The van der Waals surface area contributed by atoms with Crippen molar-refractivity contribution in [1.29, 1.82) is 0 Å². The van der Waals surface area contributed by atoms with E-state index in [2.05, 4.69) is 36.3 Å². The maximum absolute atomic E-state index is 6.10. The number of nitrogens with one attached hydrogen (secondary N) is 1. The number of halogens is 1. The Kier molecular flexibility index (Phi) is 4.30. The van der Waals surface area contributed by atoms with Crippen molar-refractivity contribution in [2.75, 3.05) is 18.5 Å². The lowest BCUT2D eigenvalue weighted by Gasteiger charge is -2.22. The van der Waals surface area contributed by atoms with Crippen LogP contribution < -0.4 is 10.2 Å². The Hall–Kier alpha value is -0.730. The van der Waals surface area contributed by atoms with Gasteiger partial charge in [-0.2, -0.15) is 0 Å². The van der Waals surface area contributed by atoms with Gasteiger partial charge in [0.1, 0.15) is 0 Å². The minimum atomic E-state index is 0.721. The molecule has 1 aliphatic carbocycles. The van der Waals surface area contributed by atoms with Crippen LogP contribution >= 0.6 is 11.6 Å². The molecule has 1 aliphatic rings. The van der Waals surface area contributed by atoms with Crippen LogP contribution in [0.3, 0.4) is 0 Å². The number of benzene rings is 1. The van der Waals surface area contributed by atoms with Crippen LogP contribution in [0.4, 0.5) is 5.69 Å². The highest BCUT2D eigenvalue weighted by Crippen LogP contribution is 2.33. The SMILES string of the molecule is CCCNCc1ccc(Cl)cc1N(C)C1CC1. The maximum Gasteiger partial charge on any atom is 0.0426 e. The van der Waals surface area contributed by atoms with Gasteiger partial charge in [0.25, 0.3) is 0 Å². The van der Waals surface area contributed by atoms with E-state index < -0.39 is 0 Å². The monoisotopic (exact) mass is 252 g/mol. The molecule has 2 rings (SSSR count). The summed E-state index contributed by atoms with van der Waals surface area (Å²) in [4.78, 5) is 2.37. The number of nitrogens with zero attached hydrogens (tertiary/aromatic N) is 1. The van der Waals surface area contributed by atoms with E-state index in [0.717, 1.165) is 24.2 Å². The molecule has 0 radical (unpaired) electrons. The Morgan fingerprint density at radius 1 is 1.41 bits per heavy atom. The summed E-state index contributed by atoms with van der Waals surface area (Å²) in [5.41, 5.74) is 2.63. The Morgan fingerprint density at radius 2 is 2.18 bits per heavy atom. The normalized spacial score (nSPS) is 15.0. The first-order valence-corrected chi connectivity index (χ1v) is 6.82. The van der Waals surface area contributed by atoms with Crippen molar-refractivity contribution in [3.05, 3.63) is 28.8 Å². The molecule has 0 unspecified atom stereocenters. The predicted octanol–water partition coefficient (Wildman–Crippen LogP) is 3.44. The average Bonchev–Trinajstić information content (AvgIpc) is 3.14. The van der Waals surface area contributed by atoms with Crippen molar-refractivity contribution in [3.63, 3.8) is 0 Å². The highest BCUT2D eigenvalue weighted by molar-refractivity contribution is 6.30. The van der Waals surface area contributed by atoms with Crippen LogP contribution in [0.2, 0.25) is 5.02 Å². The molecule has 0 aliphatic heterocycles. The fraction of sp³-hybridized carbons (Fsp3) is 0.571. The van der Waals surface area contributed by atoms with E-state index in [1.807, 2.05) is 6.07 Å². The topological polar surface area (TPSA) is 15.3 Å². The highest BCUT2D eigenvalue weighted by Gasteiger charge is 2.27. The molecule has 3 heteroatoms. The number of hydrogen-bond donors (Lipinski definition) is 1. The highest BCUT2D eigenvalue weighted by atomic mass is 35.5. The van der Waals surface area contributed by atoms with Gasteiger partial charge < -0.3 is 10.2 Å². The smallest absolute Gasteiger partial charge is 0.0426 e. The molecule has 0 aromatic heterocycles. The lowest BCUT2D eigenvalue weighted by molar-refractivity contribution is 0.673. The molecule has 1 fully saturated rings. The van der Waals surface area contributed by atoms with Gasteiger partial charge in [-0.05, 0) is 43.5 Å². The average molecular weight is 253 g/mol. The van der Waals surface area contributed by atoms with Crippen molar-refractivity contribution >= 4 is 17.3 Å². The zero-order valence-electron chi connectivity index (χ0n) is 10.7. The minimum Gasteiger partial charge on any atom is -0.371 e. The standard InChI is InChI=1S/C14H21ClN2/c1-3-8-16-10-11-4-5-12(15)9-14(11)17(2)13-6-7-13/h4-5,9,13,16H,3,6-8,10H2,1-2H3. The predicted molar refractivity (Wildman–Crippen MR) is 74.9 cm³/mol. The first-order valence-electron chi connectivity index (χ1n) is 6.44. The summed E-state index contributed by atoms with van der Waals surface area (Å²) in [6.07, 6.45) is 3.79. The van der Waals surface area contributed by atoms with Gasteiger partial charge in [-0.15, -0.1) is 0 Å². The van der Waals surface area contributed by atoms with Gasteiger partial charge in [0.2, 0.25) is 0 Å². The quantitative estimate of drug-likeness (QED) is 0.781. The summed E-state index contributed by atoms with van der Waals surface area (Å²) in [5, 5.41) is 4.28. The molecular formula is C14H21ClN2. The number of anilines is 1. The molecule has 2 nitrogen and oxygen atoms in total. The molecule has 0 amide bonds. The molecule has 0 bridgehead atoms. The molecule has 0 heterocycles. The van der Waals surface area contributed by atoms with Gasteiger partial charge in [0.15, 0.2) is 0 Å². The van der Waals surface area contributed by atoms with Crippen LogP contribution in [-0.4, -0.2) is 19.6 Å². The molecular weight excluding hydrogens is 232 g/mol. The maximum atomic E-state index is 6.10. The molecule has 94 valence electrons. The van der Waals surface area contributed by atoms with E-state index in [4.69, 9.17) is 11.6 Å². The van der Waals surface area contributed by atoms with Gasteiger partial charge in [-0.3, -0.25) is 0 Å². The van der Waals surface area contributed by atoms with Crippen LogP contribution in [0.1, 0.15) is 31.7 Å². The van der Waals surface area contributed by atoms with E-state index in [1.54, 1.807) is 0 Å². The molecule has 1 aromatic carbocycles. The Balaban J connectivity index is 2.11. The zero-order chi connectivity index (χ0) is 12.3. The van der Waals surface area contributed by atoms with Crippen LogP contribution in [0.5, 0.6) is 0 Å². The zero-order valence-corrected chi connectivity index (χ0v) is 11.4. The molecule has 1 N–H and O–H groups in total.